The van der Waals surface area contributed by atoms with Gasteiger partial charge in [0.2, 0.25) is 0 Å². The van der Waals surface area contributed by atoms with Crippen molar-refractivity contribution in [2.45, 2.75) is 45.4 Å². The van der Waals surface area contributed by atoms with Crippen molar-refractivity contribution >= 4 is 0 Å². The Hall–Kier alpha value is -0.0400. The summed E-state index contributed by atoms with van der Waals surface area (Å²) in [5.74, 6) is 1.87. The van der Waals surface area contributed by atoms with E-state index in [2.05, 4.69) is 6.92 Å². The first-order chi connectivity index (χ1) is 5.76. The van der Waals surface area contributed by atoms with Crippen LogP contribution < -0.4 is 5.73 Å². The summed E-state index contributed by atoms with van der Waals surface area (Å²) < 4.78 is 0. The lowest BCUT2D eigenvalue weighted by Gasteiger charge is -2.34. The minimum atomic E-state index is 0.683. The van der Waals surface area contributed by atoms with E-state index in [1.165, 1.54) is 38.5 Å². The quantitative estimate of drug-likeness (QED) is 0.672. The second-order valence-corrected chi connectivity index (χ2v) is 5.05. The molecule has 12 heavy (non-hydrogen) atoms. The van der Waals surface area contributed by atoms with Crippen LogP contribution in [0.1, 0.15) is 45.4 Å². The fraction of sp³-hybridized carbons (Fsp3) is 1.00. The molecule has 2 fully saturated rings. The molecule has 0 aromatic heterocycles. The van der Waals surface area contributed by atoms with Crippen LogP contribution in [0.5, 0.6) is 0 Å². The van der Waals surface area contributed by atoms with Crippen molar-refractivity contribution in [3.05, 3.63) is 0 Å². The van der Waals surface area contributed by atoms with Crippen LogP contribution in [0, 0.1) is 17.3 Å². The summed E-state index contributed by atoms with van der Waals surface area (Å²) in [6.07, 6.45) is 8.75. The van der Waals surface area contributed by atoms with Gasteiger partial charge in [-0.05, 0) is 43.1 Å². The SMILES string of the molecule is CC1([C@@H]2C[C@H]2CN)CCCCC1. The predicted molar refractivity (Wildman–Crippen MR) is 51.8 cm³/mol. The van der Waals surface area contributed by atoms with Crippen LogP contribution in [-0.4, -0.2) is 6.54 Å². The highest BCUT2D eigenvalue weighted by atomic mass is 14.6. The fourth-order valence-electron chi connectivity index (χ4n) is 3.09. The van der Waals surface area contributed by atoms with Crippen molar-refractivity contribution in [1.82, 2.24) is 0 Å². The fourth-order valence-corrected chi connectivity index (χ4v) is 3.09. The molecule has 2 atom stereocenters. The highest BCUT2D eigenvalue weighted by Crippen LogP contribution is 2.56. The van der Waals surface area contributed by atoms with Crippen molar-refractivity contribution in [2.24, 2.45) is 23.0 Å². The standard InChI is InChI=1S/C11H21N/c1-11(5-3-2-4-6-11)10-7-9(10)8-12/h9-10H,2-8,12H2,1H3/t9-,10+/m0/s1. The van der Waals surface area contributed by atoms with Gasteiger partial charge in [-0.15, -0.1) is 0 Å². The van der Waals surface area contributed by atoms with Gasteiger partial charge in [0.25, 0.3) is 0 Å². The van der Waals surface area contributed by atoms with Crippen LogP contribution in [0.3, 0.4) is 0 Å². The van der Waals surface area contributed by atoms with E-state index in [1.54, 1.807) is 0 Å². The summed E-state index contributed by atoms with van der Waals surface area (Å²) in [6, 6.07) is 0. The summed E-state index contributed by atoms with van der Waals surface area (Å²) in [6.45, 7) is 3.42. The smallest absolute Gasteiger partial charge is 0.00459 e. The van der Waals surface area contributed by atoms with Gasteiger partial charge in [0.1, 0.15) is 0 Å². The Morgan fingerprint density at radius 3 is 2.42 bits per heavy atom. The second kappa shape index (κ2) is 3.02. The van der Waals surface area contributed by atoms with Gasteiger partial charge in [0.05, 0.1) is 0 Å². The normalized spacial score (nSPS) is 39.5. The van der Waals surface area contributed by atoms with Gasteiger partial charge in [-0.3, -0.25) is 0 Å². The zero-order valence-corrected chi connectivity index (χ0v) is 8.18. The van der Waals surface area contributed by atoms with Crippen molar-refractivity contribution in [1.29, 1.82) is 0 Å². The van der Waals surface area contributed by atoms with Crippen molar-refractivity contribution < 1.29 is 0 Å². The van der Waals surface area contributed by atoms with E-state index in [9.17, 15) is 0 Å². The minimum absolute atomic E-state index is 0.683. The Balaban J connectivity index is 1.92. The van der Waals surface area contributed by atoms with E-state index in [1.807, 2.05) is 0 Å². The Morgan fingerprint density at radius 2 is 1.92 bits per heavy atom. The number of hydrogen-bond donors (Lipinski definition) is 1. The lowest BCUT2D eigenvalue weighted by molar-refractivity contribution is 0.171. The molecule has 0 heterocycles. The average Bonchev–Trinajstić information content (AvgIpc) is 2.84. The van der Waals surface area contributed by atoms with Crippen LogP contribution in [0.4, 0.5) is 0 Å². The molecule has 2 rings (SSSR count). The average molecular weight is 167 g/mol. The Bertz CT molecular complexity index is 158. The van der Waals surface area contributed by atoms with Crippen LogP contribution in [0.2, 0.25) is 0 Å². The van der Waals surface area contributed by atoms with E-state index in [0.29, 0.717) is 5.41 Å². The molecule has 0 unspecified atom stereocenters. The van der Waals surface area contributed by atoms with Gasteiger partial charge in [-0.25, -0.2) is 0 Å². The lowest BCUT2D eigenvalue weighted by atomic mass is 9.71. The molecule has 0 saturated heterocycles. The van der Waals surface area contributed by atoms with Gasteiger partial charge in [-0.1, -0.05) is 26.2 Å². The molecule has 0 radical (unpaired) electrons. The number of rotatable bonds is 2. The van der Waals surface area contributed by atoms with E-state index < -0.39 is 0 Å². The summed E-state index contributed by atoms with van der Waals surface area (Å²) >= 11 is 0. The first kappa shape index (κ1) is 8.55. The van der Waals surface area contributed by atoms with Crippen LogP contribution in [-0.2, 0) is 0 Å². The van der Waals surface area contributed by atoms with E-state index in [-0.39, 0.29) is 0 Å². The van der Waals surface area contributed by atoms with Gasteiger partial charge >= 0.3 is 0 Å². The molecular weight excluding hydrogens is 146 g/mol. The van der Waals surface area contributed by atoms with Crippen LogP contribution in [0.25, 0.3) is 0 Å². The summed E-state index contributed by atoms with van der Waals surface area (Å²) in [5.41, 5.74) is 6.37. The Morgan fingerprint density at radius 1 is 1.25 bits per heavy atom. The Labute approximate surface area is 75.7 Å². The van der Waals surface area contributed by atoms with Crippen molar-refractivity contribution in [2.75, 3.05) is 6.54 Å². The zero-order chi connectivity index (χ0) is 8.60. The molecule has 0 bridgehead atoms. The molecule has 2 aliphatic carbocycles. The van der Waals surface area contributed by atoms with Gasteiger partial charge in [0.15, 0.2) is 0 Å². The first-order valence-corrected chi connectivity index (χ1v) is 5.46. The minimum Gasteiger partial charge on any atom is -0.330 e. The van der Waals surface area contributed by atoms with Crippen LogP contribution >= 0.6 is 0 Å². The maximum atomic E-state index is 5.69. The van der Waals surface area contributed by atoms with Gasteiger partial charge < -0.3 is 5.73 Å². The topological polar surface area (TPSA) is 26.0 Å². The molecule has 2 N–H and O–H groups in total. The monoisotopic (exact) mass is 167 g/mol. The molecule has 0 amide bonds. The van der Waals surface area contributed by atoms with Crippen molar-refractivity contribution in [3.63, 3.8) is 0 Å². The van der Waals surface area contributed by atoms with E-state index in [4.69, 9.17) is 5.73 Å². The van der Waals surface area contributed by atoms with Gasteiger partial charge in [0, 0.05) is 0 Å². The Kier molecular flexibility index (Phi) is 2.16. The van der Waals surface area contributed by atoms with E-state index >= 15 is 0 Å². The molecular formula is C11H21N. The maximum Gasteiger partial charge on any atom is -0.00459 e. The molecule has 0 aromatic rings. The first-order valence-electron chi connectivity index (χ1n) is 5.46. The number of nitrogens with two attached hydrogens (primary N) is 1. The summed E-state index contributed by atoms with van der Waals surface area (Å²) in [4.78, 5) is 0. The molecule has 0 aliphatic heterocycles. The molecule has 0 spiro atoms. The molecule has 1 heteroatoms. The lowest BCUT2D eigenvalue weighted by Crippen LogP contribution is -2.24. The van der Waals surface area contributed by atoms with Gasteiger partial charge in [-0.2, -0.15) is 0 Å². The van der Waals surface area contributed by atoms with Crippen LogP contribution in [0.15, 0.2) is 0 Å². The van der Waals surface area contributed by atoms with Crippen molar-refractivity contribution in [3.8, 4) is 0 Å². The third kappa shape index (κ3) is 1.39. The third-order valence-electron chi connectivity index (χ3n) is 4.12. The summed E-state index contributed by atoms with van der Waals surface area (Å²) in [5, 5.41) is 0. The largest absolute Gasteiger partial charge is 0.330 e. The highest BCUT2D eigenvalue weighted by molar-refractivity contribution is 4.99. The third-order valence-corrected chi connectivity index (χ3v) is 4.12. The molecule has 1 nitrogen and oxygen atoms in total. The summed E-state index contributed by atoms with van der Waals surface area (Å²) in [7, 11) is 0. The molecule has 70 valence electrons. The molecule has 2 saturated carbocycles. The van der Waals surface area contributed by atoms with E-state index in [0.717, 1.165) is 18.4 Å². The molecule has 0 aromatic carbocycles. The predicted octanol–water partition coefficient (Wildman–Crippen LogP) is 2.55. The second-order valence-electron chi connectivity index (χ2n) is 5.05. The number of hydrogen-bond acceptors (Lipinski definition) is 1. The maximum absolute atomic E-state index is 5.69. The molecule has 2 aliphatic rings. The zero-order valence-electron chi connectivity index (χ0n) is 8.18. The highest BCUT2D eigenvalue weighted by Gasteiger charge is 2.48.